The molecular weight excluding hydrogens is 302 g/mol. The van der Waals surface area contributed by atoms with Gasteiger partial charge in [0, 0.05) is 49.2 Å². The van der Waals surface area contributed by atoms with Gasteiger partial charge in [-0.25, -0.2) is 4.98 Å². The summed E-state index contributed by atoms with van der Waals surface area (Å²) in [6.45, 7) is 9.93. The van der Waals surface area contributed by atoms with E-state index in [9.17, 15) is 0 Å². The highest BCUT2D eigenvalue weighted by Crippen LogP contribution is 2.30. The van der Waals surface area contributed by atoms with Crippen LogP contribution in [-0.4, -0.2) is 49.8 Å². The van der Waals surface area contributed by atoms with E-state index in [2.05, 4.69) is 35.3 Å². The summed E-state index contributed by atoms with van der Waals surface area (Å²) in [5.74, 6) is 1.69. The number of methoxy groups -OCH3 is 1. The minimum Gasteiger partial charge on any atom is -0.494 e. The van der Waals surface area contributed by atoms with Crippen LogP contribution in [0.25, 0.3) is 10.9 Å². The molecule has 1 aromatic carbocycles. The number of hydrogen-bond donors (Lipinski definition) is 1. The van der Waals surface area contributed by atoms with Gasteiger partial charge in [-0.1, -0.05) is 6.92 Å². The molecule has 0 amide bonds. The van der Waals surface area contributed by atoms with Crippen molar-refractivity contribution in [2.24, 2.45) is 0 Å². The minimum absolute atomic E-state index is 0.671. The number of fused-ring (bicyclic) bond motifs is 1. The fourth-order valence-corrected chi connectivity index (χ4v) is 3.22. The Hall–Kier alpha value is -1.85. The largest absolute Gasteiger partial charge is 0.494 e. The smallest absolute Gasteiger partial charge is 0.216 e. The van der Waals surface area contributed by atoms with Crippen LogP contribution in [0.3, 0.4) is 0 Å². The van der Waals surface area contributed by atoms with E-state index in [1.54, 1.807) is 7.11 Å². The van der Waals surface area contributed by atoms with Gasteiger partial charge in [-0.3, -0.25) is 4.90 Å². The highest BCUT2D eigenvalue weighted by Gasteiger charge is 2.15. The molecule has 1 aromatic heterocycles. The number of pyridine rings is 1. The topological polar surface area (TPSA) is 46.6 Å². The number of nitrogens with zero attached hydrogens (tertiary/aromatic N) is 2. The van der Waals surface area contributed by atoms with Crippen molar-refractivity contribution < 1.29 is 9.47 Å². The van der Waals surface area contributed by atoms with E-state index in [1.165, 1.54) is 5.56 Å². The van der Waals surface area contributed by atoms with Crippen molar-refractivity contribution >= 4 is 10.9 Å². The minimum atomic E-state index is 0.671. The van der Waals surface area contributed by atoms with Crippen molar-refractivity contribution in [2.45, 2.75) is 26.8 Å². The Morgan fingerprint density at radius 3 is 2.58 bits per heavy atom. The average molecular weight is 329 g/mol. The third-order valence-corrected chi connectivity index (χ3v) is 4.51. The molecule has 0 saturated carbocycles. The normalized spacial score (nSPS) is 15.6. The number of piperazine rings is 1. The molecule has 0 atom stereocenters. The molecule has 0 bridgehead atoms. The zero-order valence-electron chi connectivity index (χ0n) is 14.9. The molecule has 5 heteroatoms. The van der Waals surface area contributed by atoms with E-state index >= 15 is 0 Å². The predicted molar refractivity (Wildman–Crippen MR) is 97.0 cm³/mol. The lowest BCUT2D eigenvalue weighted by Crippen LogP contribution is -2.42. The second-order valence-corrected chi connectivity index (χ2v) is 6.12. The van der Waals surface area contributed by atoms with Crippen LogP contribution in [0, 0.1) is 0 Å². The van der Waals surface area contributed by atoms with Gasteiger partial charge < -0.3 is 14.8 Å². The lowest BCUT2D eigenvalue weighted by Gasteiger charge is -2.28. The summed E-state index contributed by atoms with van der Waals surface area (Å²) < 4.78 is 11.4. The standard InChI is InChI=1S/C19H27N3O2/c1-4-14-10-15-12-18(24-5-2)16(11-17(15)21-19(14)23-3)13-22-8-6-20-7-9-22/h10-12,20H,4-9,13H2,1-3H3. The van der Waals surface area contributed by atoms with Crippen molar-refractivity contribution in [3.05, 3.63) is 29.3 Å². The third kappa shape index (κ3) is 3.62. The van der Waals surface area contributed by atoms with Gasteiger partial charge in [0.2, 0.25) is 5.88 Å². The summed E-state index contributed by atoms with van der Waals surface area (Å²) in [7, 11) is 1.68. The van der Waals surface area contributed by atoms with Gasteiger partial charge in [-0.2, -0.15) is 0 Å². The van der Waals surface area contributed by atoms with Gasteiger partial charge in [-0.15, -0.1) is 0 Å². The number of nitrogens with one attached hydrogen (secondary N) is 1. The van der Waals surface area contributed by atoms with Crippen LogP contribution in [0.5, 0.6) is 11.6 Å². The molecule has 0 radical (unpaired) electrons. The Balaban J connectivity index is 2.00. The van der Waals surface area contributed by atoms with E-state index in [0.29, 0.717) is 6.61 Å². The highest BCUT2D eigenvalue weighted by atomic mass is 16.5. The number of hydrogen-bond acceptors (Lipinski definition) is 5. The van der Waals surface area contributed by atoms with Gasteiger partial charge in [0.05, 0.1) is 19.2 Å². The Bertz CT molecular complexity index is 697. The summed E-state index contributed by atoms with van der Waals surface area (Å²) >= 11 is 0. The summed E-state index contributed by atoms with van der Waals surface area (Å²) in [6, 6.07) is 6.45. The van der Waals surface area contributed by atoms with E-state index in [1.807, 2.05) is 6.92 Å². The maximum Gasteiger partial charge on any atom is 0.216 e. The van der Waals surface area contributed by atoms with Crippen LogP contribution in [0.15, 0.2) is 18.2 Å². The third-order valence-electron chi connectivity index (χ3n) is 4.51. The molecule has 1 aliphatic rings. The Kier molecular flexibility index (Phi) is 5.53. The van der Waals surface area contributed by atoms with Crippen molar-refractivity contribution in [3.8, 4) is 11.6 Å². The first-order chi connectivity index (χ1) is 11.7. The Morgan fingerprint density at radius 1 is 1.12 bits per heavy atom. The van der Waals surface area contributed by atoms with Gasteiger partial charge in [0.15, 0.2) is 0 Å². The Morgan fingerprint density at radius 2 is 1.92 bits per heavy atom. The average Bonchev–Trinajstić information content (AvgIpc) is 2.62. The monoisotopic (exact) mass is 329 g/mol. The van der Waals surface area contributed by atoms with Crippen LogP contribution >= 0.6 is 0 Å². The molecule has 1 fully saturated rings. The van der Waals surface area contributed by atoms with Crippen molar-refractivity contribution in [3.63, 3.8) is 0 Å². The lowest BCUT2D eigenvalue weighted by atomic mass is 10.1. The molecule has 0 spiro atoms. The van der Waals surface area contributed by atoms with Crippen LogP contribution in [0.4, 0.5) is 0 Å². The number of aromatic nitrogens is 1. The number of aryl methyl sites for hydroxylation is 1. The zero-order chi connectivity index (χ0) is 16.9. The van der Waals surface area contributed by atoms with E-state index in [0.717, 1.165) is 67.2 Å². The highest BCUT2D eigenvalue weighted by molar-refractivity contribution is 5.83. The molecule has 1 N–H and O–H groups in total. The zero-order valence-corrected chi connectivity index (χ0v) is 14.9. The van der Waals surface area contributed by atoms with Gasteiger partial charge in [0.25, 0.3) is 0 Å². The molecular formula is C19H27N3O2. The van der Waals surface area contributed by atoms with Crippen molar-refractivity contribution in [1.82, 2.24) is 15.2 Å². The number of ether oxygens (including phenoxy) is 2. The van der Waals surface area contributed by atoms with Crippen LogP contribution in [0.1, 0.15) is 25.0 Å². The molecule has 2 heterocycles. The van der Waals surface area contributed by atoms with Crippen molar-refractivity contribution in [2.75, 3.05) is 39.9 Å². The SMILES string of the molecule is CCOc1cc2cc(CC)c(OC)nc2cc1CN1CCNCC1. The van der Waals surface area contributed by atoms with Gasteiger partial charge in [0.1, 0.15) is 5.75 Å². The molecule has 24 heavy (non-hydrogen) atoms. The molecule has 1 aliphatic heterocycles. The van der Waals surface area contributed by atoms with Crippen LogP contribution < -0.4 is 14.8 Å². The number of rotatable bonds is 6. The van der Waals surface area contributed by atoms with Gasteiger partial charge >= 0.3 is 0 Å². The van der Waals surface area contributed by atoms with Gasteiger partial charge in [-0.05, 0) is 31.5 Å². The summed E-state index contributed by atoms with van der Waals surface area (Å²) in [4.78, 5) is 7.17. The molecule has 0 unspecified atom stereocenters. The molecule has 130 valence electrons. The second-order valence-electron chi connectivity index (χ2n) is 6.12. The lowest BCUT2D eigenvalue weighted by molar-refractivity contribution is 0.228. The first-order valence-electron chi connectivity index (χ1n) is 8.81. The maximum absolute atomic E-state index is 5.92. The molecule has 3 rings (SSSR count). The second kappa shape index (κ2) is 7.81. The molecule has 5 nitrogen and oxygen atoms in total. The maximum atomic E-state index is 5.92. The van der Waals surface area contributed by atoms with Crippen molar-refractivity contribution in [1.29, 1.82) is 0 Å². The predicted octanol–water partition coefficient (Wildman–Crippen LogP) is 2.61. The summed E-state index contributed by atoms with van der Waals surface area (Å²) in [5, 5.41) is 4.51. The van der Waals surface area contributed by atoms with Crippen LogP contribution in [0.2, 0.25) is 0 Å². The number of benzene rings is 1. The molecule has 0 aliphatic carbocycles. The van der Waals surface area contributed by atoms with E-state index in [-0.39, 0.29) is 0 Å². The molecule has 2 aromatic rings. The van der Waals surface area contributed by atoms with Crippen LogP contribution in [-0.2, 0) is 13.0 Å². The fourth-order valence-electron chi connectivity index (χ4n) is 3.22. The Labute approximate surface area is 144 Å². The fraction of sp³-hybridized carbons (Fsp3) is 0.526. The summed E-state index contributed by atoms with van der Waals surface area (Å²) in [5.41, 5.74) is 3.30. The first kappa shape index (κ1) is 17.0. The molecule has 1 saturated heterocycles. The summed E-state index contributed by atoms with van der Waals surface area (Å²) in [6.07, 6.45) is 0.901. The first-order valence-corrected chi connectivity index (χ1v) is 8.81. The van der Waals surface area contributed by atoms with E-state index in [4.69, 9.17) is 14.5 Å². The van der Waals surface area contributed by atoms with E-state index < -0.39 is 0 Å². The quantitative estimate of drug-likeness (QED) is 0.883.